The van der Waals surface area contributed by atoms with Gasteiger partial charge in [0, 0.05) is 19.3 Å². The van der Waals surface area contributed by atoms with E-state index in [4.69, 9.17) is 14.2 Å². The van der Waals surface area contributed by atoms with Gasteiger partial charge in [-0.1, -0.05) is 330 Å². The molecule has 6 heteroatoms. The summed E-state index contributed by atoms with van der Waals surface area (Å²) in [6.45, 7) is 6.56. The first-order chi connectivity index (χ1) is 41.0. The summed E-state index contributed by atoms with van der Waals surface area (Å²) in [5.41, 5.74) is 0. The Labute approximate surface area is 515 Å². The number of unbranched alkanes of at least 4 members (excludes halogenated alkanes) is 38. The van der Waals surface area contributed by atoms with Gasteiger partial charge in [-0.15, -0.1) is 0 Å². The van der Waals surface area contributed by atoms with Gasteiger partial charge in [0.25, 0.3) is 0 Å². The van der Waals surface area contributed by atoms with Gasteiger partial charge in [-0.25, -0.2) is 0 Å². The molecule has 0 bridgehead atoms. The van der Waals surface area contributed by atoms with Crippen molar-refractivity contribution >= 4 is 17.9 Å². The van der Waals surface area contributed by atoms with Crippen molar-refractivity contribution in [2.75, 3.05) is 13.2 Å². The fourth-order valence-electron chi connectivity index (χ4n) is 10.2. The van der Waals surface area contributed by atoms with Crippen molar-refractivity contribution in [2.45, 2.75) is 361 Å². The predicted molar refractivity (Wildman–Crippen MR) is 362 cm³/mol. The first kappa shape index (κ1) is 79.3. The van der Waals surface area contributed by atoms with E-state index in [0.29, 0.717) is 19.3 Å². The maximum Gasteiger partial charge on any atom is 0.306 e. The van der Waals surface area contributed by atoms with Crippen LogP contribution in [0.15, 0.2) is 97.2 Å². The van der Waals surface area contributed by atoms with Crippen LogP contribution >= 0.6 is 0 Å². The summed E-state index contributed by atoms with van der Waals surface area (Å²) in [7, 11) is 0. The van der Waals surface area contributed by atoms with Crippen molar-refractivity contribution in [1.29, 1.82) is 0 Å². The summed E-state index contributed by atoms with van der Waals surface area (Å²) in [5.74, 6) is -0.884. The van der Waals surface area contributed by atoms with Crippen LogP contribution in [0.25, 0.3) is 0 Å². The van der Waals surface area contributed by atoms with Crippen molar-refractivity contribution in [1.82, 2.24) is 0 Å². The topological polar surface area (TPSA) is 78.9 Å². The quantitative estimate of drug-likeness (QED) is 0.0261. The molecule has 0 aliphatic heterocycles. The molecule has 0 amide bonds. The summed E-state index contributed by atoms with van der Waals surface area (Å²) >= 11 is 0. The van der Waals surface area contributed by atoms with Crippen molar-refractivity contribution in [3.63, 3.8) is 0 Å². The number of carbonyl (C=O) groups excluding carboxylic acids is 3. The van der Waals surface area contributed by atoms with E-state index in [-0.39, 0.29) is 31.1 Å². The minimum Gasteiger partial charge on any atom is -0.462 e. The molecule has 0 aliphatic rings. The van der Waals surface area contributed by atoms with E-state index in [1.54, 1.807) is 0 Å². The summed E-state index contributed by atoms with van der Waals surface area (Å²) in [6.07, 6.45) is 95.7. The van der Waals surface area contributed by atoms with E-state index in [1.165, 1.54) is 193 Å². The van der Waals surface area contributed by atoms with Crippen LogP contribution in [-0.2, 0) is 28.6 Å². The molecule has 0 aromatic carbocycles. The molecule has 478 valence electrons. The highest BCUT2D eigenvalue weighted by Gasteiger charge is 2.19. The smallest absolute Gasteiger partial charge is 0.306 e. The monoisotopic (exact) mass is 1160 g/mol. The van der Waals surface area contributed by atoms with Crippen LogP contribution < -0.4 is 0 Å². The lowest BCUT2D eigenvalue weighted by Gasteiger charge is -2.18. The molecule has 0 saturated heterocycles. The standard InChI is InChI=1S/C77H134O6/c1-4-7-10-13-16-19-22-25-28-31-33-35-36-37-38-39-40-42-43-46-49-52-55-58-61-64-67-70-76(79)82-73-74(72-81-75(78)69-66-63-60-57-54-51-48-45-30-27-24-21-18-15-12-9-6-3)83-77(80)71-68-65-62-59-56-53-50-47-44-41-34-32-29-26-23-20-17-14-11-8-5-2/h7,10,16,19,25,28,32-35,37-38,40,42,46,49,74H,4-6,8-9,11-15,17-18,20-24,26-27,29-31,36,39,41,43-45,47-48,50-73H2,1-3H3/b10-7-,19-16-,28-25-,34-32-,35-33-,38-37-,42-40-,49-46-. The second kappa shape index (κ2) is 70.8. The van der Waals surface area contributed by atoms with Crippen LogP contribution in [0.1, 0.15) is 355 Å². The molecule has 0 heterocycles. The second-order valence-electron chi connectivity index (χ2n) is 23.8. The van der Waals surface area contributed by atoms with Gasteiger partial charge in [0.15, 0.2) is 6.10 Å². The zero-order valence-corrected chi connectivity index (χ0v) is 54.9. The Morgan fingerprint density at radius 2 is 0.470 bits per heavy atom. The number of carbonyl (C=O) groups is 3. The molecule has 83 heavy (non-hydrogen) atoms. The SMILES string of the molecule is CC/C=C\C/C=C\C/C=C\C/C=C\C/C=C\C/C=C\C/C=C\CCCCCCCC(=O)OCC(COC(=O)CCCCCCCCCCCCCCCCCCC)OC(=O)CCCCCCCCCCC/C=C\CCCCCCCCCC. The zero-order chi connectivity index (χ0) is 59.9. The molecule has 0 spiro atoms. The molecule has 0 radical (unpaired) electrons. The molecule has 1 atom stereocenters. The zero-order valence-electron chi connectivity index (χ0n) is 54.9. The Morgan fingerprint density at radius 1 is 0.253 bits per heavy atom. The van der Waals surface area contributed by atoms with E-state index < -0.39 is 6.10 Å². The summed E-state index contributed by atoms with van der Waals surface area (Å²) < 4.78 is 17.0. The van der Waals surface area contributed by atoms with E-state index in [1.807, 2.05) is 0 Å². The van der Waals surface area contributed by atoms with E-state index in [9.17, 15) is 14.4 Å². The van der Waals surface area contributed by atoms with Crippen molar-refractivity contribution < 1.29 is 28.6 Å². The Hall–Kier alpha value is -3.67. The second-order valence-corrected chi connectivity index (χ2v) is 23.8. The predicted octanol–water partition coefficient (Wildman–Crippen LogP) is 24.8. The van der Waals surface area contributed by atoms with Crippen LogP contribution in [0.4, 0.5) is 0 Å². The number of ether oxygens (including phenoxy) is 3. The summed E-state index contributed by atoms with van der Waals surface area (Å²) in [6, 6.07) is 0. The Balaban J connectivity index is 4.39. The number of esters is 3. The van der Waals surface area contributed by atoms with Gasteiger partial charge in [0.2, 0.25) is 0 Å². The van der Waals surface area contributed by atoms with Crippen LogP contribution in [0, 0.1) is 0 Å². The van der Waals surface area contributed by atoms with Crippen LogP contribution in [0.5, 0.6) is 0 Å². The van der Waals surface area contributed by atoms with Crippen molar-refractivity contribution in [2.24, 2.45) is 0 Å². The minimum absolute atomic E-state index is 0.0811. The van der Waals surface area contributed by atoms with Gasteiger partial charge >= 0.3 is 17.9 Å². The van der Waals surface area contributed by atoms with Crippen LogP contribution in [0.3, 0.4) is 0 Å². The minimum atomic E-state index is -0.788. The highest BCUT2D eigenvalue weighted by Crippen LogP contribution is 2.17. The summed E-state index contributed by atoms with van der Waals surface area (Å²) in [4.78, 5) is 38.5. The Kier molecular flexibility index (Phi) is 67.7. The third kappa shape index (κ3) is 69.0. The van der Waals surface area contributed by atoms with Crippen LogP contribution in [0.2, 0.25) is 0 Å². The third-order valence-corrected chi connectivity index (χ3v) is 15.6. The lowest BCUT2D eigenvalue weighted by Crippen LogP contribution is -2.30. The van der Waals surface area contributed by atoms with Gasteiger partial charge in [-0.2, -0.15) is 0 Å². The number of hydrogen-bond donors (Lipinski definition) is 0. The van der Waals surface area contributed by atoms with Gasteiger partial charge in [-0.05, 0) is 103 Å². The molecule has 0 saturated carbocycles. The normalized spacial score (nSPS) is 12.7. The average Bonchev–Trinajstić information content (AvgIpc) is 3.49. The first-order valence-corrected chi connectivity index (χ1v) is 35.7. The molecule has 0 aliphatic carbocycles. The lowest BCUT2D eigenvalue weighted by molar-refractivity contribution is -0.167. The fourth-order valence-corrected chi connectivity index (χ4v) is 10.2. The van der Waals surface area contributed by atoms with E-state index in [2.05, 4.69) is 118 Å². The Morgan fingerprint density at radius 3 is 0.747 bits per heavy atom. The van der Waals surface area contributed by atoms with Crippen LogP contribution in [-0.4, -0.2) is 37.2 Å². The number of allylic oxidation sites excluding steroid dienone is 16. The van der Waals surface area contributed by atoms with E-state index >= 15 is 0 Å². The molecule has 0 rings (SSSR count). The van der Waals surface area contributed by atoms with Gasteiger partial charge < -0.3 is 14.2 Å². The molecular formula is C77H134O6. The van der Waals surface area contributed by atoms with Gasteiger partial charge in [0.1, 0.15) is 13.2 Å². The molecule has 0 fully saturated rings. The highest BCUT2D eigenvalue weighted by atomic mass is 16.6. The van der Waals surface area contributed by atoms with E-state index in [0.717, 1.165) is 122 Å². The first-order valence-electron chi connectivity index (χ1n) is 35.7. The fraction of sp³-hybridized carbons (Fsp3) is 0.753. The lowest BCUT2D eigenvalue weighted by atomic mass is 10.0. The number of rotatable bonds is 65. The number of hydrogen-bond acceptors (Lipinski definition) is 6. The largest absolute Gasteiger partial charge is 0.462 e. The molecule has 0 aromatic rings. The van der Waals surface area contributed by atoms with Crippen molar-refractivity contribution in [3.8, 4) is 0 Å². The maximum atomic E-state index is 13.0. The highest BCUT2D eigenvalue weighted by molar-refractivity contribution is 5.71. The Bertz CT molecular complexity index is 1610. The molecule has 1 unspecified atom stereocenters. The molecule has 0 N–H and O–H groups in total. The maximum absolute atomic E-state index is 13.0. The third-order valence-electron chi connectivity index (χ3n) is 15.6. The van der Waals surface area contributed by atoms with Gasteiger partial charge in [-0.3, -0.25) is 14.4 Å². The summed E-state index contributed by atoms with van der Waals surface area (Å²) in [5, 5.41) is 0. The average molecular weight is 1160 g/mol. The molecule has 6 nitrogen and oxygen atoms in total. The molecule has 0 aromatic heterocycles. The molecular weight excluding hydrogens is 1020 g/mol. The van der Waals surface area contributed by atoms with Crippen molar-refractivity contribution in [3.05, 3.63) is 97.2 Å². The van der Waals surface area contributed by atoms with Gasteiger partial charge in [0.05, 0.1) is 0 Å².